The minimum Gasteiger partial charge on any atom is -0.460 e. The van der Waals surface area contributed by atoms with E-state index in [9.17, 15) is 14.4 Å². The number of carbonyl (C=O) groups excluding carboxylic acids is 3. The van der Waals surface area contributed by atoms with Crippen molar-refractivity contribution in [2.45, 2.75) is 58.8 Å². The molecule has 6 nitrogen and oxygen atoms in total. The molecule has 1 rings (SSSR count). The van der Waals surface area contributed by atoms with Gasteiger partial charge in [0.25, 0.3) is 5.79 Å². The lowest BCUT2D eigenvalue weighted by Crippen LogP contribution is -2.46. The standard InChI is InChI=1S/C13H20O6/c1-12(2,3)17-9(14)7-6-8-10(15)18-13(4,5)19-11(8)16/h8H,6-7H2,1-5H3. The van der Waals surface area contributed by atoms with Gasteiger partial charge in [0.05, 0.1) is 0 Å². The van der Waals surface area contributed by atoms with Crippen LogP contribution in [0.1, 0.15) is 47.5 Å². The van der Waals surface area contributed by atoms with Crippen LogP contribution in [0.3, 0.4) is 0 Å². The maximum atomic E-state index is 11.6. The molecule has 0 aromatic rings. The molecule has 0 atom stereocenters. The fourth-order valence-corrected chi connectivity index (χ4v) is 1.63. The molecule has 1 aliphatic rings. The summed E-state index contributed by atoms with van der Waals surface area (Å²) in [7, 11) is 0. The van der Waals surface area contributed by atoms with Crippen LogP contribution in [0.15, 0.2) is 0 Å². The zero-order valence-electron chi connectivity index (χ0n) is 11.9. The number of hydrogen-bond acceptors (Lipinski definition) is 6. The molecule has 0 saturated carbocycles. The molecule has 6 heteroatoms. The van der Waals surface area contributed by atoms with Gasteiger partial charge in [-0.2, -0.15) is 0 Å². The predicted octanol–water partition coefficient (Wildman–Crippen LogP) is 1.56. The van der Waals surface area contributed by atoms with Crippen molar-refractivity contribution in [3.63, 3.8) is 0 Å². The molecule has 1 aliphatic heterocycles. The van der Waals surface area contributed by atoms with Gasteiger partial charge in [-0.15, -0.1) is 0 Å². The van der Waals surface area contributed by atoms with Gasteiger partial charge in [-0.05, 0) is 27.2 Å². The quantitative estimate of drug-likeness (QED) is 0.573. The van der Waals surface area contributed by atoms with Crippen molar-refractivity contribution < 1.29 is 28.6 Å². The third-order valence-electron chi connectivity index (χ3n) is 2.32. The van der Waals surface area contributed by atoms with Crippen molar-refractivity contribution >= 4 is 17.9 Å². The van der Waals surface area contributed by atoms with Crippen molar-refractivity contribution in [1.29, 1.82) is 0 Å². The van der Waals surface area contributed by atoms with E-state index in [1.165, 1.54) is 13.8 Å². The fraction of sp³-hybridized carbons (Fsp3) is 0.769. The third-order valence-corrected chi connectivity index (χ3v) is 2.32. The highest BCUT2D eigenvalue weighted by molar-refractivity contribution is 5.97. The van der Waals surface area contributed by atoms with Crippen LogP contribution in [-0.2, 0) is 28.6 Å². The zero-order chi connectivity index (χ0) is 14.8. The highest BCUT2D eigenvalue weighted by Crippen LogP contribution is 2.26. The monoisotopic (exact) mass is 272 g/mol. The zero-order valence-corrected chi connectivity index (χ0v) is 11.9. The van der Waals surface area contributed by atoms with Crippen molar-refractivity contribution in [1.82, 2.24) is 0 Å². The molecule has 1 saturated heterocycles. The Morgan fingerprint density at radius 2 is 1.68 bits per heavy atom. The van der Waals surface area contributed by atoms with Crippen LogP contribution in [0.2, 0.25) is 0 Å². The molecular weight excluding hydrogens is 252 g/mol. The van der Waals surface area contributed by atoms with E-state index in [-0.39, 0.29) is 12.8 Å². The topological polar surface area (TPSA) is 78.9 Å². The van der Waals surface area contributed by atoms with E-state index >= 15 is 0 Å². The van der Waals surface area contributed by atoms with E-state index in [1.807, 2.05) is 0 Å². The van der Waals surface area contributed by atoms with Gasteiger partial charge in [-0.3, -0.25) is 14.4 Å². The van der Waals surface area contributed by atoms with E-state index in [2.05, 4.69) is 0 Å². The summed E-state index contributed by atoms with van der Waals surface area (Å²) in [5.41, 5.74) is -0.591. The molecule has 1 fully saturated rings. The normalized spacial score (nSPS) is 19.6. The molecule has 0 amide bonds. The number of rotatable bonds is 3. The number of cyclic esters (lactones) is 2. The highest BCUT2D eigenvalue weighted by Gasteiger charge is 2.43. The van der Waals surface area contributed by atoms with E-state index in [1.54, 1.807) is 20.8 Å². The lowest BCUT2D eigenvalue weighted by Gasteiger charge is -2.32. The second-order valence-corrected chi connectivity index (χ2v) is 5.92. The van der Waals surface area contributed by atoms with Crippen molar-refractivity contribution in [3.05, 3.63) is 0 Å². The summed E-state index contributed by atoms with van der Waals surface area (Å²) < 4.78 is 15.0. The minimum atomic E-state index is -1.24. The number of ether oxygens (including phenoxy) is 3. The Kier molecular flexibility index (Phi) is 4.22. The Morgan fingerprint density at radius 1 is 1.21 bits per heavy atom. The molecule has 0 bridgehead atoms. The summed E-state index contributed by atoms with van der Waals surface area (Å²) in [5.74, 6) is -4.08. The van der Waals surface area contributed by atoms with Crippen LogP contribution in [0, 0.1) is 5.92 Å². The molecule has 0 aliphatic carbocycles. The Balaban J connectivity index is 2.52. The van der Waals surface area contributed by atoms with Crippen LogP contribution >= 0.6 is 0 Å². The van der Waals surface area contributed by atoms with Gasteiger partial charge in [-0.1, -0.05) is 0 Å². The van der Waals surface area contributed by atoms with Gasteiger partial charge >= 0.3 is 17.9 Å². The molecule has 108 valence electrons. The van der Waals surface area contributed by atoms with Crippen LogP contribution in [0.25, 0.3) is 0 Å². The van der Waals surface area contributed by atoms with Gasteiger partial charge in [0.15, 0.2) is 5.92 Å². The lowest BCUT2D eigenvalue weighted by molar-refractivity contribution is -0.240. The summed E-state index contributed by atoms with van der Waals surface area (Å²) >= 11 is 0. The Hall–Kier alpha value is -1.59. The average molecular weight is 272 g/mol. The number of esters is 3. The smallest absolute Gasteiger partial charge is 0.323 e. The predicted molar refractivity (Wildman–Crippen MR) is 64.8 cm³/mol. The molecule has 0 unspecified atom stereocenters. The fourth-order valence-electron chi connectivity index (χ4n) is 1.63. The Morgan fingerprint density at radius 3 is 2.11 bits per heavy atom. The molecular formula is C13H20O6. The van der Waals surface area contributed by atoms with Gasteiger partial charge in [-0.25, -0.2) is 0 Å². The van der Waals surface area contributed by atoms with Crippen LogP contribution in [0.4, 0.5) is 0 Å². The summed E-state index contributed by atoms with van der Waals surface area (Å²) in [5, 5.41) is 0. The van der Waals surface area contributed by atoms with Gasteiger partial charge in [0.1, 0.15) is 5.60 Å². The molecule has 0 radical (unpaired) electrons. The van der Waals surface area contributed by atoms with E-state index in [0.29, 0.717) is 0 Å². The summed E-state index contributed by atoms with van der Waals surface area (Å²) in [6, 6.07) is 0. The SMILES string of the molecule is CC(C)(C)OC(=O)CCC1C(=O)OC(C)(C)OC1=O. The first-order valence-corrected chi connectivity index (χ1v) is 6.18. The number of carbonyl (C=O) groups is 3. The lowest BCUT2D eigenvalue weighted by atomic mass is 10.0. The van der Waals surface area contributed by atoms with Crippen LogP contribution < -0.4 is 0 Å². The first-order chi connectivity index (χ1) is 8.50. The molecule has 19 heavy (non-hydrogen) atoms. The van der Waals surface area contributed by atoms with Crippen molar-refractivity contribution in [3.8, 4) is 0 Å². The van der Waals surface area contributed by atoms with Gasteiger partial charge < -0.3 is 14.2 Å². The largest absolute Gasteiger partial charge is 0.460 e. The molecule has 0 N–H and O–H groups in total. The van der Waals surface area contributed by atoms with Crippen LogP contribution in [0.5, 0.6) is 0 Å². The van der Waals surface area contributed by atoms with E-state index in [4.69, 9.17) is 14.2 Å². The van der Waals surface area contributed by atoms with Crippen molar-refractivity contribution in [2.75, 3.05) is 0 Å². The molecule has 0 spiro atoms. The van der Waals surface area contributed by atoms with E-state index in [0.717, 1.165) is 0 Å². The maximum Gasteiger partial charge on any atom is 0.323 e. The molecule has 0 aromatic heterocycles. The summed E-state index contributed by atoms with van der Waals surface area (Å²) in [4.78, 5) is 34.8. The summed E-state index contributed by atoms with van der Waals surface area (Å²) in [6.07, 6.45) is -0.00474. The maximum absolute atomic E-state index is 11.6. The highest BCUT2D eigenvalue weighted by atomic mass is 16.7. The first kappa shape index (κ1) is 15.5. The second-order valence-electron chi connectivity index (χ2n) is 5.92. The molecule has 1 heterocycles. The number of hydrogen-bond donors (Lipinski definition) is 0. The average Bonchev–Trinajstić information content (AvgIpc) is 2.10. The van der Waals surface area contributed by atoms with Crippen molar-refractivity contribution in [2.24, 2.45) is 5.92 Å². The Bertz CT molecular complexity index is 370. The minimum absolute atomic E-state index is 0.0304. The van der Waals surface area contributed by atoms with Gasteiger partial charge in [0.2, 0.25) is 0 Å². The summed E-state index contributed by atoms with van der Waals surface area (Å²) in [6.45, 7) is 8.20. The van der Waals surface area contributed by atoms with Crippen LogP contribution in [-0.4, -0.2) is 29.3 Å². The Labute approximate surface area is 112 Å². The second kappa shape index (κ2) is 5.19. The van der Waals surface area contributed by atoms with E-state index < -0.39 is 35.2 Å². The third kappa shape index (κ3) is 4.89. The molecule has 0 aromatic carbocycles. The first-order valence-electron chi connectivity index (χ1n) is 6.18. The van der Waals surface area contributed by atoms with Gasteiger partial charge in [0, 0.05) is 20.3 Å².